The molecule has 0 aliphatic rings. The van der Waals surface area contributed by atoms with Crippen molar-refractivity contribution >= 4 is 11.8 Å². The molecule has 0 aliphatic carbocycles. The Morgan fingerprint density at radius 1 is 1.00 bits per heavy atom. The van der Waals surface area contributed by atoms with Crippen LogP contribution in [0.3, 0.4) is 0 Å². The summed E-state index contributed by atoms with van der Waals surface area (Å²) in [5.41, 5.74) is 4.39. The van der Waals surface area contributed by atoms with Gasteiger partial charge in [-0.05, 0) is 31.5 Å². The van der Waals surface area contributed by atoms with Gasteiger partial charge in [-0.1, -0.05) is 60.3 Å². The number of hydrogen-bond donors (Lipinski definition) is 0. The molecule has 0 fully saturated rings. The SMILES string of the molecule is CCn1c(Cc2ccccc2)nnc1SCc1c(C#N)c(C)nn1-c1ccccc1. The number of nitriles is 1. The smallest absolute Gasteiger partial charge is 0.191 e. The van der Waals surface area contributed by atoms with Crippen LogP contribution in [0, 0.1) is 18.3 Å². The van der Waals surface area contributed by atoms with Gasteiger partial charge >= 0.3 is 0 Å². The van der Waals surface area contributed by atoms with Gasteiger partial charge in [0, 0.05) is 18.7 Å². The number of benzene rings is 2. The first-order valence-electron chi connectivity index (χ1n) is 9.84. The molecule has 0 N–H and O–H groups in total. The van der Waals surface area contributed by atoms with Crippen LogP contribution in [0.1, 0.15) is 35.3 Å². The maximum absolute atomic E-state index is 9.68. The van der Waals surface area contributed by atoms with Crippen LogP contribution in [0.25, 0.3) is 5.69 Å². The van der Waals surface area contributed by atoms with Crippen molar-refractivity contribution in [3.05, 3.63) is 89.0 Å². The molecule has 2 aromatic carbocycles. The molecule has 0 bridgehead atoms. The van der Waals surface area contributed by atoms with E-state index in [1.807, 2.05) is 60.1 Å². The van der Waals surface area contributed by atoms with E-state index in [0.717, 1.165) is 41.0 Å². The van der Waals surface area contributed by atoms with Gasteiger partial charge in [-0.2, -0.15) is 10.4 Å². The van der Waals surface area contributed by atoms with Crippen LogP contribution >= 0.6 is 11.8 Å². The molecule has 2 heterocycles. The molecule has 30 heavy (non-hydrogen) atoms. The Hall–Kier alpha value is -3.37. The molecular weight excluding hydrogens is 392 g/mol. The molecule has 4 rings (SSSR count). The van der Waals surface area contributed by atoms with Crippen molar-refractivity contribution in [1.82, 2.24) is 24.5 Å². The molecule has 0 saturated carbocycles. The predicted octanol–water partition coefficient (Wildman–Crippen LogP) is 4.55. The van der Waals surface area contributed by atoms with Gasteiger partial charge < -0.3 is 4.57 Å². The first-order chi connectivity index (χ1) is 14.7. The minimum atomic E-state index is 0.585. The van der Waals surface area contributed by atoms with E-state index < -0.39 is 0 Å². The Balaban J connectivity index is 1.61. The Morgan fingerprint density at radius 2 is 1.70 bits per heavy atom. The number of hydrogen-bond acceptors (Lipinski definition) is 5. The van der Waals surface area contributed by atoms with Gasteiger partial charge in [-0.15, -0.1) is 10.2 Å². The number of aryl methyl sites for hydroxylation is 1. The normalized spacial score (nSPS) is 10.8. The van der Waals surface area contributed by atoms with Crippen molar-refractivity contribution in [3.8, 4) is 11.8 Å². The van der Waals surface area contributed by atoms with Crippen molar-refractivity contribution in [2.45, 2.75) is 37.7 Å². The van der Waals surface area contributed by atoms with E-state index in [1.54, 1.807) is 11.8 Å². The number of aromatic nitrogens is 5. The minimum absolute atomic E-state index is 0.585. The van der Waals surface area contributed by atoms with Crippen LogP contribution in [-0.4, -0.2) is 24.5 Å². The first kappa shape index (κ1) is 19.9. The molecule has 0 radical (unpaired) electrons. The zero-order chi connectivity index (χ0) is 20.9. The summed E-state index contributed by atoms with van der Waals surface area (Å²) >= 11 is 1.59. The molecule has 0 amide bonds. The lowest BCUT2D eigenvalue weighted by atomic mass is 10.1. The van der Waals surface area contributed by atoms with Gasteiger partial charge in [0.05, 0.1) is 22.6 Å². The Morgan fingerprint density at radius 3 is 2.37 bits per heavy atom. The second-order valence-corrected chi connectivity index (χ2v) is 7.80. The fraction of sp³-hybridized carbons (Fsp3) is 0.217. The van der Waals surface area contributed by atoms with Crippen LogP contribution in [-0.2, 0) is 18.7 Å². The topological polar surface area (TPSA) is 72.3 Å². The highest BCUT2D eigenvalue weighted by molar-refractivity contribution is 7.98. The Labute approximate surface area is 180 Å². The lowest BCUT2D eigenvalue weighted by Crippen LogP contribution is -2.05. The highest BCUT2D eigenvalue weighted by Crippen LogP contribution is 2.27. The van der Waals surface area contributed by atoms with Gasteiger partial charge in [0.1, 0.15) is 11.9 Å². The fourth-order valence-corrected chi connectivity index (χ4v) is 4.44. The van der Waals surface area contributed by atoms with E-state index in [-0.39, 0.29) is 0 Å². The number of rotatable bonds is 7. The summed E-state index contributed by atoms with van der Waals surface area (Å²) in [7, 11) is 0. The Kier molecular flexibility index (Phi) is 5.96. The highest BCUT2D eigenvalue weighted by Gasteiger charge is 2.19. The summed E-state index contributed by atoms with van der Waals surface area (Å²) in [5, 5.41) is 24.0. The Bertz CT molecular complexity index is 1170. The average molecular weight is 415 g/mol. The highest BCUT2D eigenvalue weighted by atomic mass is 32.2. The number of thioether (sulfide) groups is 1. The molecule has 0 unspecified atom stereocenters. The second kappa shape index (κ2) is 8.97. The lowest BCUT2D eigenvalue weighted by Gasteiger charge is -2.09. The van der Waals surface area contributed by atoms with Crippen LogP contribution in [0.15, 0.2) is 65.8 Å². The molecule has 6 nitrogen and oxygen atoms in total. The summed E-state index contributed by atoms with van der Waals surface area (Å²) in [6.07, 6.45) is 0.743. The fourth-order valence-electron chi connectivity index (χ4n) is 3.42. The molecule has 4 aromatic rings. The third-order valence-corrected chi connectivity index (χ3v) is 5.90. The van der Waals surface area contributed by atoms with Gasteiger partial charge in [0.15, 0.2) is 5.16 Å². The quantitative estimate of drug-likeness (QED) is 0.415. The van der Waals surface area contributed by atoms with E-state index in [2.05, 4.69) is 45.0 Å². The van der Waals surface area contributed by atoms with Gasteiger partial charge in [-0.25, -0.2) is 4.68 Å². The molecule has 150 valence electrons. The van der Waals surface area contributed by atoms with E-state index >= 15 is 0 Å². The van der Waals surface area contributed by atoms with Crippen LogP contribution < -0.4 is 0 Å². The zero-order valence-corrected chi connectivity index (χ0v) is 17.8. The molecule has 7 heteroatoms. The predicted molar refractivity (Wildman–Crippen MR) is 118 cm³/mol. The van der Waals surface area contributed by atoms with Gasteiger partial charge in [0.2, 0.25) is 0 Å². The molecule has 0 spiro atoms. The minimum Gasteiger partial charge on any atom is -0.306 e. The van der Waals surface area contributed by atoms with Crippen LogP contribution in [0.2, 0.25) is 0 Å². The van der Waals surface area contributed by atoms with Gasteiger partial charge in [0.25, 0.3) is 0 Å². The standard InChI is InChI=1S/C23H22N6S/c1-3-28-22(14-18-10-6-4-7-11-18)25-26-23(28)30-16-21-20(15-24)17(2)27-29(21)19-12-8-5-9-13-19/h4-13H,3,14,16H2,1-2H3. The molecule has 0 atom stereocenters. The zero-order valence-electron chi connectivity index (χ0n) is 17.0. The maximum Gasteiger partial charge on any atom is 0.191 e. The summed E-state index contributed by atoms with van der Waals surface area (Å²) in [6, 6.07) is 22.5. The maximum atomic E-state index is 9.68. The largest absolute Gasteiger partial charge is 0.306 e. The van der Waals surface area contributed by atoms with E-state index in [9.17, 15) is 5.26 Å². The van der Waals surface area contributed by atoms with E-state index in [1.165, 1.54) is 5.56 Å². The van der Waals surface area contributed by atoms with Crippen molar-refractivity contribution in [3.63, 3.8) is 0 Å². The number of nitrogens with zero attached hydrogens (tertiary/aromatic N) is 6. The lowest BCUT2D eigenvalue weighted by molar-refractivity contribution is 0.651. The molecular formula is C23H22N6S. The molecule has 0 aliphatic heterocycles. The average Bonchev–Trinajstić information content (AvgIpc) is 3.32. The van der Waals surface area contributed by atoms with E-state index in [0.29, 0.717) is 11.3 Å². The number of para-hydroxylation sites is 1. The van der Waals surface area contributed by atoms with Gasteiger partial charge in [-0.3, -0.25) is 0 Å². The molecule has 0 saturated heterocycles. The summed E-state index contributed by atoms with van der Waals surface area (Å²) in [6.45, 7) is 4.76. The van der Waals surface area contributed by atoms with Crippen molar-refractivity contribution < 1.29 is 0 Å². The third-order valence-electron chi connectivity index (χ3n) is 4.92. The van der Waals surface area contributed by atoms with E-state index in [4.69, 9.17) is 0 Å². The second-order valence-electron chi connectivity index (χ2n) is 6.86. The third kappa shape index (κ3) is 4.00. The van der Waals surface area contributed by atoms with Crippen LogP contribution in [0.4, 0.5) is 0 Å². The van der Waals surface area contributed by atoms with Crippen molar-refractivity contribution in [1.29, 1.82) is 5.26 Å². The summed E-state index contributed by atoms with van der Waals surface area (Å²) < 4.78 is 4.00. The summed E-state index contributed by atoms with van der Waals surface area (Å²) in [5.74, 6) is 1.53. The summed E-state index contributed by atoms with van der Waals surface area (Å²) in [4.78, 5) is 0. The van der Waals surface area contributed by atoms with Crippen LogP contribution in [0.5, 0.6) is 0 Å². The monoisotopic (exact) mass is 414 g/mol. The van der Waals surface area contributed by atoms with Crippen molar-refractivity contribution in [2.75, 3.05) is 0 Å². The van der Waals surface area contributed by atoms with Crippen molar-refractivity contribution in [2.24, 2.45) is 0 Å². The molecule has 2 aromatic heterocycles. The first-order valence-corrected chi connectivity index (χ1v) is 10.8.